The van der Waals surface area contributed by atoms with E-state index in [0.29, 0.717) is 13.2 Å². The van der Waals surface area contributed by atoms with Crippen LogP contribution in [0.3, 0.4) is 0 Å². The van der Waals surface area contributed by atoms with Crippen LogP contribution in [0.5, 0.6) is 0 Å². The van der Waals surface area contributed by atoms with Crippen LogP contribution in [0.2, 0.25) is 0 Å². The molecule has 142 valence electrons. The predicted octanol–water partition coefficient (Wildman–Crippen LogP) is 1.91. The molecule has 0 rings (SSSR count). The Labute approximate surface area is 144 Å². The van der Waals surface area contributed by atoms with Crippen molar-refractivity contribution in [3.05, 3.63) is 0 Å². The molecule has 0 fully saturated rings. The maximum atomic E-state index is 11.6. The van der Waals surface area contributed by atoms with Crippen molar-refractivity contribution in [1.82, 2.24) is 16.3 Å². The number of hydroxylamine groups is 1. The molecule has 0 aromatic rings. The van der Waals surface area contributed by atoms with Crippen LogP contribution in [-0.4, -0.2) is 44.0 Å². The van der Waals surface area contributed by atoms with Crippen LogP contribution in [0.1, 0.15) is 54.4 Å². The molecule has 0 aliphatic rings. The van der Waals surface area contributed by atoms with Gasteiger partial charge < -0.3 is 9.47 Å². The maximum Gasteiger partial charge on any atom is 0.431 e. The summed E-state index contributed by atoms with van der Waals surface area (Å²) < 4.78 is 10.4. The van der Waals surface area contributed by atoms with Crippen molar-refractivity contribution >= 4 is 12.0 Å². The van der Waals surface area contributed by atoms with Crippen LogP contribution in [0.15, 0.2) is 0 Å². The Bertz CT molecular complexity index is 378. The van der Waals surface area contributed by atoms with Gasteiger partial charge in [-0.1, -0.05) is 20.8 Å². The lowest BCUT2D eigenvalue weighted by Crippen LogP contribution is -2.42. The standard InChI is InChI=1S/C16H33N3O5/c1-7-16(6,8-2)12-22-11-13(20)18-17-9-10-23-19-14(21)24-15(3,4)5/h17H,7-12H2,1-6H3,(H,18,20)(H,19,21). The van der Waals surface area contributed by atoms with Gasteiger partial charge in [0.15, 0.2) is 0 Å². The second kappa shape index (κ2) is 11.2. The molecule has 2 amide bonds. The van der Waals surface area contributed by atoms with Gasteiger partial charge >= 0.3 is 6.09 Å². The Morgan fingerprint density at radius 3 is 2.21 bits per heavy atom. The molecule has 0 aromatic heterocycles. The summed E-state index contributed by atoms with van der Waals surface area (Å²) in [6.07, 6.45) is 1.35. The Hall–Kier alpha value is -1.38. The van der Waals surface area contributed by atoms with Gasteiger partial charge in [-0.2, -0.15) is 5.48 Å². The molecule has 0 bridgehead atoms. The van der Waals surface area contributed by atoms with Crippen molar-refractivity contribution < 1.29 is 23.9 Å². The van der Waals surface area contributed by atoms with Gasteiger partial charge in [0.1, 0.15) is 12.2 Å². The summed E-state index contributed by atoms with van der Waals surface area (Å²) in [5.74, 6) is -0.260. The highest BCUT2D eigenvalue weighted by atomic mass is 16.7. The first-order valence-electron chi connectivity index (χ1n) is 8.32. The zero-order valence-electron chi connectivity index (χ0n) is 15.8. The molecule has 0 saturated heterocycles. The molecule has 0 aromatic carbocycles. The Morgan fingerprint density at radius 2 is 1.67 bits per heavy atom. The minimum Gasteiger partial charge on any atom is -0.442 e. The van der Waals surface area contributed by atoms with Crippen LogP contribution in [0.4, 0.5) is 4.79 Å². The van der Waals surface area contributed by atoms with Crippen LogP contribution in [0, 0.1) is 5.41 Å². The zero-order valence-corrected chi connectivity index (χ0v) is 15.8. The van der Waals surface area contributed by atoms with Crippen LogP contribution in [0.25, 0.3) is 0 Å². The van der Waals surface area contributed by atoms with E-state index in [4.69, 9.17) is 14.3 Å². The number of nitrogens with one attached hydrogen (secondary N) is 3. The van der Waals surface area contributed by atoms with Gasteiger partial charge in [-0.05, 0) is 39.0 Å². The maximum absolute atomic E-state index is 11.6. The lowest BCUT2D eigenvalue weighted by atomic mass is 9.86. The Balaban J connectivity index is 3.61. The third kappa shape index (κ3) is 12.1. The number of hydrogen-bond donors (Lipinski definition) is 3. The fourth-order valence-electron chi connectivity index (χ4n) is 1.55. The smallest absolute Gasteiger partial charge is 0.431 e. The minimum absolute atomic E-state index is 0.000391. The van der Waals surface area contributed by atoms with Gasteiger partial charge in [0.2, 0.25) is 0 Å². The van der Waals surface area contributed by atoms with E-state index < -0.39 is 11.7 Å². The summed E-state index contributed by atoms with van der Waals surface area (Å²) in [4.78, 5) is 27.8. The minimum atomic E-state index is -0.658. The van der Waals surface area contributed by atoms with Crippen molar-refractivity contribution in [3.8, 4) is 0 Å². The Kier molecular flexibility index (Phi) is 10.6. The molecule has 0 unspecified atom stereocenters. The van der Waals surface area contributed by atoms with E-state index >= 15 is 0 Å². The average molecular weight is 347 g/mol. The summed E-state index contributed by atoms with van der Waals surface area (Å²) in [5, 5.41) is 0. The number of carbonyl (C=O) groups is 2. The van der Waals surface area contributed by atoms with E-state index in [1.807, 2.05) is 0 Å². The van der Waals surface area contributed by atoms with E-state index in [1.165, 1.54) is 0 Å². The molecular formula is C16H33N3O5. The summed E-state index contributed by atoms with van der Waals surface area (Å²) in [5.41, 5.74) is 6.86. The van der Waals surface area contributed by atoms with Crippen molar-refractivity contribution in [3.63, 3.8) is 0 Å². The first kappa shape index (κ1) is 22.6. The third-order valence-corrected chi connectivity index (χ3v) is 3.50. The molecule has 0 saturated carbocycles. The second-order valence-electron chi connectivity index (χ2n) is 6.94. The largest absolute Gasteiger partial charge is 0.442 e. The van der Waals surface area contributed by atoms with Gasteiger partial charge in [0.05, 0.1) is 13.2 Å². The van der Waals surface area contributed by atoms with Crippen molar-refractivity contribution in [1.29, 1.82) is 0 Å². The molecule has 0 atom stereocenters. The number of rotatable bonds is 11. The van der Waals surface area contributed by atoms with Gasteiger partial charge in [0, 0.05) is 6.54 Å². The Morgan fingerprint density at radius 1 is 1.04 bits per heavy atom. The molecule has 24 heavy (non-hydrogen) atoms. The molecule has 3 N–H and O–H groups in total. The van der Waals surface area contributed by atoms with E-state index in [9.17, 15) is 9.59 Å². The third-order valence-electron chi connectivity index (χ3n) is 3.50. The lowest BCUT2D eigenvalue weighted by Gasteiger charge is -2.26. The normalized spacial score (nSPS) is 11.9. The van der Waals surface area contributed by atoms with Crippen molar-refractivity contribution in [2.75, 3.05) is 26.4 Å². The highest BCUT2D eigenvalue weighted by Crippen LogP contribution is 2.25. The van der Waals surface area contributed by atoms with Crippen molar-refractivity contribution in [2.24, 2.45) is 5.41 Å². The molecule has 0 aliphatic heterocycles. The number of ether oxygens (including phenoxy) is 2. The van der Waals surface area contributed by atoms with Crippen molar-refractivity contribution in [2.45, 2.75) is 60.0 Å². The first-order valence-corrected chi connectivity index (χ1v) is 8.32. The van der Waals surface area contributed by atoms with E-state index in [2.05, 4.69) is 37.1 Å². The zero-order chi connectivity index (χ0) is 18.6. The SMILES string of the molecule is CCC(C)(CC)COCC(=O)NNCCONC(=O)OC(C)(C)C. The monoisotopic (exact) mass is 347 g/mol. The average Bonchev–Trinajstić information content (AvgIpc) is 2.48. The van der Waals surface area contributed by atoms with Crippen LogP contribution >= 0.6 is 0 Å². The second-order valence-corrected chi connectivity index (χ2v) is 6.94. The molecule has 0 aliphatic carbocycles. The molecular weight excluding hydrogens is 314 g/mol. The summed E-state index contributed by atoms with van der Waals surface area (Å²) >= 11 is 0. The number of hydrogen-bond acceptors (Lipinski definition) is 6. The highest BCUT2D eigenvalue weighted by Gasteiger charge is 2.20. The van der Waals surface area contributed by atoms with E-state index in [-0.39, 0.29) is 24.5 Å². The van der Waals surface area contributed by atoms with Crippen LogP contribution in [-0.2, 0) is 19.1 Å². The van der Waals surface area contributed by atoms with Gasteiger partial charge in [-0.3, -0.25) is 15.1 Å². The predicted molar refractivity (Wildman–Crippen MR) is 91.0 cm³/mol. The van der Waals surface area contributed by atoms with E-state index in [0.717, 1.165) is 12.8 Å². The number of carbonyl (C=O) groups excluding carboxylic acids is 2. The fourth-order valence-corrected chi connectivity index (χ4v) is 1.55. The first-order chi connectivity index (χ1) is 11.1. The lowest BCUT2D eigenvalue weighted by molar-refractivity contribution is -0.128. The van der Waals surface area contributed by atoms with Crippen LogP contribution < -0.4 is 16.3 Å². The molecule has 0 heterocycles. The summed E-state index contributed by atoms with van der Waals surface area (Å²) in [6.45, 7) is 12.7. The number of hydrazine groups is 1. The highest BCUT2D eigenvalue weighted by molar-refractivity contribution is 5.76. The quantitative estimate of drug-likeness (QED) is 0.390. The molecule has 8 heteroatoms. The topological polar surface area (TPSA) is 97.9 Å². The van der Waals surface area contributed by atoms with Gasteiger partial charge in [-0.25, -0.2) is 10.2 Å². The summed E-state index contributed by atoms with van der Waals surface area (Å²) in [6, 6.07) is 0. The molecule has 0 radical (unpaired) electrons. The molecule has 0 spiro atoms. The summed E-state index contributed by atoms with van der Waals surface area (Å²) in [7, 11) is 0. The van der Waals surface area contributed by atoms with Gasteiger partial charge in [-0.15, -0.1) is 0 Å². The number of amides is 2. The fraction of sp³-hybridized carbons (Fsp3) is 0.875. The van der Waals surface area contributed by atoms with Gasteiger partial charge in [0.25, 0.3) is 5.91 Å². The van der Waals surface area contributed by atoms with E-state index in [1.54, 1.807) is 20.8 Å². The molecule has 8 nitrogen and oxygen atoms in total.